The van der Waals surface area contributed by atoms with Gasteiger partial charge in [0, 0.05) is 30.8 Å². The van der Waals surface area contributed by atoms with Crippen molar-refractivity contribution < 1.29 is 13.5 Å². The average molecular weight is 368 g/mol. The molecule has 27 heavy (non-hydrogen) atoms. The topological polar surface area (TPSA) is 50.3 Å². The van der Waals surface area contributed by atoms with E-state index in [2.05, 4.69) is 15.3 Å². The number of ether oxygens (including phenoxy) is 1. The number of hydrogen-bond acceptors (Lipinski definition) is 5. The van der Waals surface area contributed by atoms with Crippen molar-refractivity contribution in [2.45, 2.75) is 0 Å². The minimum Gasteiger partial charge on any atom is -0.378 e. The maximum Gasteiger partial charge on any atom is 0.228 e. The van der Waals surface area contributed by atoms with Crippen molar-refractivity contribution in [2.24, 2.45) is 0 Å². The minimum atomic E-state index is -0.678. The van der Waals surface area contributed by atoms with E-state index in [1.165, 1.54) is 12.1 Å². The fourth-order valence-electron chi connectivity index (χ4n) is 2.89. The van der Waals surface area contributed by atoms with E-state index >= 15 is 0 Å². The fourth-order valence-corrected chi connectivity index (χ4v) is 2.89. The van der Waals surface area contributed by atoms with Crippen LogP contribution in [0.25, 0.3) is 11.3 Å². The van der Waals surface area contributed by atoms with Gasteiger partial charge in [-0.25, -0.2) is 13.8 Å². The Morgan fingerprint density at radius 2 is 1.70 bits per heavy atom. The summed E-state index contributed by atoms with van der Waals surface area (Å²) in [5, 5.41) is 2.94. The largest absolute Gasteiger partial charge is 0.378 e. The van der Waals surface area contributed by atoms with Crippen molar-refractivity contribution in [3.05, 3.63) is 66.2 Å². The predicted octanol–water partition coefficient (Wildman–Crippen LogP) is 4.00. The summed E-state index contributed by atoms with van der Waals surface area (Å²) in [7, 11) is 0. The molecule has 4 rings (SSSR count). The van der Waals surface area contributed by atoms with E-state index in [-0.39, 0.29) is 5.69 Å². The summed E-state index contributed by atoms with van der Waals surface area (Å²) >= 11 is 0. The molecule has 2 aromatic carbocycles. The number of aromatic nitrogens is 2. The van der Waals surface area contributed by atoms with Crippen LogP contribution in [0.3, 0.4) is 0 Å². The molecule has 0 unspecified atom stereocenters. The first-order valence-corrected chi connectivity index (χ1v) is 8.68. The Morgan fingerprint density at radius 3 is 2.44 bits per heavy atom. The van der Waals surface area contributed by atoms with Gasteiger partial charge >= 0.3 is 0 Å². The Labute approximate surface area is 155 Å². The summed E-state index contributed by atoms with van der Waals surface area (Å²) in [5.74, 6) is -0.317. The number of anilines is 3. The number of halogens is 2. The molecule has 0 aliphatic carbocycles. The summed E-state index contributed by atoms with van der Waals surface area (Å²) in [6, 6.07) is 14.8. The zero-order valence-corrected chi connectivity index (χ0v) is 14.5. The smallest absolute Gasteiger partial charge is 0.228 e. The van der Waals surface area contributed by atoms with E-state index in [1.54, 1.807) is 6.07 Å². The second kappa shape index (κ2) is 7.67. The van der Waals surface area contributed by atoms with Gasteiger partial charge in [-0.05, 0) is 12.1 Å². The highest BCUT2D eigenvalue weighted by atomic mass is 19.1. The highest BCUT2D eigenvalue weighted by Crippen LogP contribution is 2.26. The van der Waals surface area contributed by atoms with Crippen LogP contribution in [0.4, 0.5) is 26.2 Å². The van der Waals surface area contributed by atoms with Crippen LogP contribution in [-0.2, 0) is 4.74 Å². The molecule has 1 fully saturated rings. The molecule has 2 heterocycles. The van der Waals surface area contributed by atoms with E-state index in [1.807, 2.05) is 35.2 Å². The van der Waals surface area contributed by atoms with Crippen LogP contribution < -0.4 is 10.2 Å². The standard InChI is InChI=1S/C20H18F2N4O/c21-15-6-7-17(16(22)12-15)23-19-13-18(14-4-2-1-3-5-14)24-20(25-19)26-8-10-27-11-9-26/h1-7,12-13H,8-11H2,(H,23,24,25). The molecule has 0 radical (unpaired) electrons. The van der Waals surface area contributed by atoms with Crippen LogP contribution in [0.2, 0.25) is 0 Å². The summed E-state index contributed by atoms with van der Waals surface area (Å²) in [5.41, 5.74) is 1.80. The van der Waals surface area contributed by atoms with Crippen LogP contribution in [-0.4, -0.2) is 36.3 Å². The molecule has 5 nitrogen and oxygen atoms in total. The zero-order valence-electron chi connectivity index (χ0n) is 14.5. The van der Waals surface area contributed by atoms with Crippen molar-refractivity contribution in [1.82, 2.24) is 9.97 Å². The Bertz CT molecular complexity index is 931. The van der Waals surface area contributed by atoms with Crippen molar-refractivity contribution in [3.8, 4) is 11.3 Å². The van der Waals surface area contributed by atoms with Crippen molar-refractivity contribution in [3.63, 3.8) is 0 Å². The molecule has 0 atom stereocenters. The third kappa shape index (κ3) is 4.03. The second-order valence-corrected chi connectivity index (χ2v) is 6.15. The van der Waals surface area contributed by atoms with Gasteiger partial charge in [0.2, 0.25) is 5.95 Å². The Balaban J connectivity index is 1.73. The van der Waals surface area contributed by atoms with Crippen LogP contribution >= 0.6 is 0 Å². The van der Waals surface area contributed by atoms with E-state index in [9.17, 15) is 8.78 Å². The van der Waals surface area contributed by atoms with Crippen LogP contribution in [0.5, 0.6) is 0 Å². The highest BCUT2D eigenvalue weighted by molar-refractivity contribution is 5.67. The molecule has 7 heteroatoms. The number of rotatable bonds is 4. The molecular formula is C20H18F2N4O. The van der Waals surface area contributed by atoms with Crippen molar-refractivity contribution in [2.75, 3.05) is 36.5 Å². The van der Waals surface area contributed by atoms with Gasteiger partial charge in [-0.15, -0.1) is 0 Å². The average Bonchev–Trinajstić information content (AvgIpc) is 2.71. The molecule has 0 saturated carbocycles. The first-order chi connectivity index (χ1) is 13.2. The molecule has 1 aliphatic heterocycles. The lowest BCUT2D eigenvalue weighted by Crippen LogP contribution is -2.37. The monoisotopic (exact) mass is 368 g/mol. The normalized spacial score (nSPS) is 14.2. The second-order valence-electron chi connectivity index (χ2n) is 6.15. The van der Waals surface area contributed by atoms with Gasteiger partial charge in [-0.2, -0.15) is 4.98 Å². The SMILES string of the molecule is Fc1ccc(Nc2cc(-c3ccccc3)nc(N3CCOCC3)n2)c(F)c1. The minimum absolute atomic E-state index is 0.155. The quantitative estimate of drug-likeness (QED) is 0.754. The molecule has 0 amide bonds. The summed E-state index contributed by atoms with van der Waals surface area (Å²) in [4.78, 5) is 11.2. The summed E-state index contributed by atoms with van der Waals surface area (Å²) < 4.78 is 32.6. The first-order valence-electron chi connectivity index (χ1n) is 8.68. The van der Waals surface area contributed by atoms with Gasteiger partial charge in [-0.3, -0.25) is 0 Å². The maximum atomic E-state index is 14.0. The van der Waals surface area contributed by atoms with Crippen LogP contribution in [0, 0.1) is 11.6 Å². The van der Waals surface area contributed by atoms with Crippen molar-refractivity contribution >= 4 is 17.5 Å². The zero-order chi connectivity index (χ0) is 18.6. The van der Waals surface area contributed by atoms with Crippen LogP contribution in [0.15, 0.2) is 54.6 Å². The lowest BCUT2D eigenvalue weighted by atomic mass is 10.1. The first kappa shape index (κ1) is 17.4. The number of hydrogen-bond donors (Lipinski definition) is 1. The molecule has 1 aromatic heterocycles. The van der Waals surface area contributed by atoms with Crippen molar-refractivity contribution in [1.29, 1.82) is 0 Å². The Morgan fingerprint density at radius 1 is 0.926 bits per heavy atom. The molecule has 138 valence electrons. The molecule has 1 N–H and O–H groups in total. The lowest BCUT2D eigenvalue weighted by Gasteiger charge is -2.27. The van der Waals surface area contributed by atoms with E-state index in [0.717, 1.165) is 17.3 Å². The Kier molecular flexibility index (Phi) is 4.93. The van der Waals surface area contributed by atoms with Gasteiger partial charge in [0.15, 0.2) is 0 Å². The van der Waals surface area contributed by atoms with E-state index in [4.69, 9.17) is 4.74 Å². The molecule has 1 aliphatic rings. The molecule has 3 aromatic rings. The molecular weight excluding hydrogens is 350 g/mol. The van der Waals surface area contributed by atoms with Gasteiger partial charge in [-0.1, -0.05) is 30.3 Å². The summed E-state index contributed by atoms with van der Waals surface area (Å²) in [6.07, 6.45) is 0. The van der Waals surface area contributed by atoms with Gasteiger partial charge in [0.05, 0.1) is 24.6 Å². The number of nitrogens with zero attached hydrogens (tertiary/aromatic N) is 3. The maximum absolute atomic E-state index is 14.0. The number of morpholine rings is 1. The highest BCUT2D eigenvalue weighted by Gasteiger charge is 2.17. The lowest BCUT2D eigenvalue weighted by molar-refractivity contribution is 0.122. The number of benzene rings is 2. The number of nitrogens with one attached hydrogen (secondary N) is 1. The van der Waals surface area contributed by atoms with Gasteiger partial charge in [0.1, 0.15) is 17.5 Å². The molecule has 0 spiro atoms. The van der Waals surface area contributed by atoms with E-state index in [0.29, 0.717) is 38.1 Å². The third-order valence-electron chi connectivity index (χ3n) is 4.27. The van der Waals surface area contributed by atoms with Crippen LogP contribution in [0.1, 0.15) is 0 Å². The summed E-state index contributed by atoms with van der Waals surface area (Å²) in [6.45, 7) is 2.58. The molecule has 0 bridgehead atoms. The molecule has 1 saturated heterocycles. The van der Waals surface area contributed by atoms with Gasteiger partial charge in [0.25, 0.3) is 0 Å². The van der Waals surface area contributed by atoms with E-state index < -0.39 is 11.6 Å². The van der Waals surface area contributed by atoms with Gasteiger partial charge < -0.3 is 15.0 Å². The predicted molar refractivity (Wildman–Crippen MR) is 100 cm³/mol. The fraction of sp³-hybridized carbons (Fsp3) is 0.200. The Hall–Kier alpha value is -3.06. The third-order valence-corrected chi connectivity index (χ3v) is 4.27.